The van der Waals surface area contributed by atoms with Gasteiger partial charge in [0.2, 0.25) is 5.91 Å². The van der Waals surface area contributed by atoms with E-state index in [0.717, 1.165) is 22.8 Å². The van der Waals surface area contributed by atoms with Crippen LogP contribution in [0.1, 0.15) is 71.6 Å². The normalized spacial score (nSPS) is 13.5. The van der Waals surface area contributed by atoms with Crippen LogP contribution in [0.3, 0.4) is 0 Å². The molecule has 0 saturated heterocycles. The molecule has 0 aliphatic carbocycles. The molecule has 0 bridgehead atoms. The van der Waals surface area contributed by atoms with Crippen molar-refractivity contribution < 1.29 is 19.1 Å². The molecule has 0 heterocycles. The Balaban J connectivity index is 1.77. The maximum absolute atomic E-state index is 14.9. The lowest BCUT2D eigenvalue weighted by atomic mass is 9.96. The van der Waals surface area contributed by atoms with Gasteiger partial charge in [-0.25, -0.2) is 4.79 Å². The van der Waals surface area contributed by atoms with Crippen LogP contribution < -0.4 is 10.6 Å². The van der Waals surface area contributed by atoms with Crippen molar-refractivity contribution in [3.8, 4) is 0 Å². The molecule has 3 amide bonds. The predicted octanol–water partition coefficient (Wildman–Crippen LogP) is 8.31. The number of hydrogen-bond donors (Lipinski definition) is 2. The standard InChI is InChI=1S/C39H47N3O4/c1-27(2)21-22-28(3)42(37(44)34(25-29-15-9-7-10-16-29)41-38(45)46-39(4,5)6)35(31-18-11-8-12-19-31)36(43)40-33-24-23-30-17-13-14-20-32(30)26-33/h7-20,23-24,26-28,34-35H,21-22,25H2,1-6H3,(H,40,43)(H,41,45). The maximum atomic E-state index is 14.9. The zero-order valence-corrected chi connectivity index (χ0v) is 27.8. The Bertz CT molecular complexity index is 1600. The number of ether oxygens (including phenoxy) is 1. The van der Waals surface area contributed by atoms with E-state index in [1.54, 1.807) is 25.7 Å². The summed E-state index contributed by atoms with van der Waals surface area (Å²) >= 11 is 0. The number of hydrogen-bond acceptors (Lipinski definition) is 4. The van der Waals surface area contributed by atoms with Crippen molar-refractivity contribution in [3.05, 3.63) is 114 Å². The second-order valence-electron chi connectivity index (χ2n) is 13.3. The number of fused-ring (bicyclic) bond motifs is 1. The first-order valence-electron chi connectivity index (χ1n) is 16.1. The number of carbonyl (C=O) groups excluding carboxylic acids is 3. The van der Waals surface area contributed by atoms with E-state index in [4.69, 9.17) is 4.74 Å². The lowest BCUT2D eigenvalue weighted by molar-refractivity contribution is -0.143. The highest BCUT2D eigenvalue weighted by molar-refractivity contribution is 6.00. The SMILES string of the molecule is CC(C)CCC(C)N(C(=O)C(Cc1ccccc1)NC(=O)OC(C)(C)C)C(C(=O)Nc1ccc2ccccc2c1)c1ccccc1. The fourth-order valence-corrected chi connectivity index (χ4v) is 5.54. The Labute approximate surface area is 273 Å². The molecule has 0 aliphatic rings. The first-order valence-corrected chi connectivity index (χ1v) is 16.1. The van der Waals surface area contributed by atoms with Gasteiger partial charge in [-0.3, -0.25) is 9.59 Å². The summed E-state index contributed by atoms with van der Waals surface area (Å²) in [4.78, 5) is 44.0. The van der Waals surface area contributed by atoms with Gasteiger partial charge in [-0.1, -0.05) is 105 Å². The molecular weight excluding hydrogens is 574 g/mol. The summed E-state index contributed by atoms with van der Waals surface area (Å²) in [6.07, 6.45) is 1.09. The zero-order chi connectivity index (χ0) is 33.3. The zero-order valence-electron chi connectivity index (χ0n) is 27.8. The second kappa shape index (κ2) is 15.6. The first-order chi connectivity index (χ1) is 21.9. The largest absolute Gasteiger partial charge is 0.444 e. The van der Waals surface area contributed by atoms with Crippen molar-refractivity contribution in [1.29, 1.82) is 0 Å². The Hall–Kier alpha value is -4.65. The summed E-state index contributed by atoms with van der Waals surface area (Å²) in [6, 6.07) is 30.4. The second-order valence-corrected chi connectivity index (χ2v) is 13.3. The number of benzene rings is 4. The van der Waals surface area contributed by atoms with Crippen LogP contribution in [0.15, 0.2) is 103 Å². The van der Waals surface area contributed by atoms with Crippen LogP contribution >= 0.6 is 0 Å². The number of amides is 3. The maximum Gasteiger partial charge on any atom is 0.408 e. The average molecular weight is 622 g/mol. The average Bonchev–Trinajstić information content (AvgIpc) is 3.01. The molecule has 0 radical (unpaired) electrons. The number of nitrogens with zero attached hydrogens (tertiary/aromatic N) is 1. The third kappa shape index (κ3) is 9.67. The first kappa shape index (κ1) is 34.2. The van der Waals surface area contributed by atoms with Gasteiger partial charge in [0.05, 0.1) is 0 Å². The molecule has 0 spiro atoms. The Morgan fingerprint density at radius 2 is 1.37 bits per heavy atom. The van der Waals surface area contributed by atoms with Crippen LogP contribution in [0, 0.1) is 5.92 Å². The van der Waals surface area contributed by atoms with Crippen molar-refractivity contribution in [2.75, 3.05) is 5.32 Å². The molecule has 3 unspecified atom stereocenters. The number of nitrogens with one attached hydrogen (secondary N) is 2. The molecule has 46 heavy (non-hydrogen) atoms. The van der Waals surface area contributed by atoms with Gasteiger partial charge < -0.3 is 20.3 Å². The van der Waals surface area contributed by atoms with Crippen LogP contribution in [0.5, 0.6) is 0 Å². The van der Waals surface area contributed by atoms with Crippen molar-refractivity contribution in [3.63, 3.8) is 0 Å². The third-order valence-electron chi connectivity index (χ3n) is 7.82. The molecule has 3 atom stereocenters. The van der Waals surface area contributed by atoms with Gasteiger partial charge in [0.15, 0.2) is 0 Å². The summed E-state index contributed by atoms with van der Waals surface area (Å²) in [6.45, 7) is 11.6. The minimum atomic E-state index is -0.974. The van der Waals surface area contributed by atoms with Gasteiger partial charge in [-0.05, 0) is 80.5 Å². The van der Waals surface area contributed by atoms with Gasteiger partial charge in [0, 0.05) is 18.2 Å². The quantitative estimate of drug-likeness (QED) is 0.167. The lowest BCUT2D eigenvalue weighted by Gasteiger charge is -2.39. The van der Waals surface area contributed by atoms with Gasteiger partial charge in [0.1, 0.15) is 17.7 Å². The molecule has 7 heteroatoms. The fraction of sp³-hybridized carbons (Fsp3) is 0.359. The summed E-state index contributed by atoms with van der Waals surface area (Å²) in [5.74, 6) is -0.281. The summed E-state index contributed by atoms with van der Waals surface area (Å²) in [7, 11) is 0. The highest BCUT2D eigenvalue weighted by Gasteiger charge is 2.39. The molecule has 242 valence electrons. The number of anilines is 1. The number of carbonyl (C=O) groups is 3. The molecule has 7 nitrogen and oxygen atoms in total. The Morgan fingerprint density at radius 3 is 2.00 bits per heavy atom. The van der Waals surface area contributed by atoms with Crippen LogP contribution in [-0.4, -0.2) is 40.5 Å². The monoisotopic (exact) mass is 621 g/mol. The molecule has 0 fully saturated rings. The van der Waals surface area contributed by atoms with Crippen molar-refractivity contribution in [2.24, 2.45) is 5.92 Å². The molecular formula is C39H47N3O4. The van der Waals surface area contributed by atoms with E-state index in [1.165, 1.54) is 0 Å². The van der Waals surface area contributed by atoms with Gasteiger partial charge in [-0.2, -0.15) is 0 Å². The van der Waals surface area contributed by atoms with E-state index in [9.17, 15) is 14.4 Å². The van der Waals surface area contributed by atoms with E-state index >= 15 is 0 Å². The fourth-order valence-electron chi connectivity index (χ4n) is 5.54. The number of alkyl carbamates (subject to hydrolysis) is 1. The van der Waals surface area contributed by atoms with Crippen LogP contribution in [0.25, 0.3) is 10.8 Å². The van der Waals surface area contributed by atoms with E-state index in [-0.39, 0.29) is 24.3 Å². The van der Waals surface area contributed by atoms with Crippen LogP contribution in [0.2, 0.25) is 0 Å². The van der Waals surface area contributed by atoms with Crippen LogP contribution in [0.4, 0.5) is 10.5 Å². The lowest BCUT2D eigenvalue weighted by Crippen LogP contribution is -2.55. The molecule has 4 aromatic carbocycles. The Morgan fingerprint density at radius 1 is 0.761 bits per heavy atom. The molecule has 4 aromatic rings. The smallest absolute Gasteiger partial charge is 0.408 e. The highest BCUT2D eigenvalue weighted by atomic mass is 16.6. The summed E-state index contributed by atoms with van der Waals surface area (Å²) in [5.41, 5.74) is 1.45. The highest BCUT2D eigenvalue weighted by Crippen LogP contribution is 2.30. The minimum absolute atomic E-state index is 0.236. The van der Waals surface area contributed by atoms with Gasteiger partial charge in [-0.15, -0.1) is 0 Å². The van der Waals surface area contributed by atoms with E-state index in [2.05, 4.69) is 24.5 Å². The van der Waals surface area contributed by atoms with E-state index in [1.807, 2.05) is 110 Å². The Kier molecular flexibility index (Phi) is 11.6. The molecule has 0 saturated carbocycles. The molecule has 4 rings (SSSR count). The van der Waals surface area contributed by atoms with E-state index < -0.39 is 23.8 Å². The number of rotatable bonds is 12. The van der Waals surface area contributed by atoms with Crippen LogP contribution in [-0.2, 0) is 20.7 Å². The van der Waals surface area contributed by atoms with Gasteiger partial charge in [0.25, 0.3) is 5.91 Å². The predicted molar refractivity (Wildman–Crippen MR) is 185 cm³/mol. The van der Waals surface area contributed by atoms with E-state index in [0.29, 0.717) is 23.6 Å². The molecule has 2 N–H and O–H groups in total. The van der Waals surface area contributed by atoms with Crippen molar-refractivity contribution >= 4 is 34.4 Å². The minimum Gasteiger partial charge on any atom is -0.444 e. The van der Waals surface area contributed by atoms with Gasteiger partial charge >= 0.3 is 6.09 Å². The summed E-state index contributed by atoms with van der Waals surface area (Å²) in [5, 5.41) is 8.02. The van der Waals surface area contributed by atoms with Crippen molar-refractivity contribution in [1.82, 2.24) is 10.2 Å². The van der Waals surface area contributed by atoms with Crippen molar-refractivity contribution in [2.45, 2.75) is 84.5 Å². The third-order valence-corrected chi connectivity index (χ3v) is 7.82. The topological polar surface area (TPSA) is 87.7 Å². The summed E-state index contributed by atoms with van der Waals surface area (Å²) < 4.78 is 5.58. The molecule has 0 aliphatic heterocycles. The molecule has 0 aromatic heterocycles.